The molecule has 1 atom stereocenters. The predicted octanol–water partition coefficient (Wildman–Crippen LogP) is 2.89. The average Bonchev–Trinajstić information content (AvgIpc) is 2.03. The molecular formula is C9H11BrO. The minimum absolute atomic E-state index is 0.343. The lowest BCUT2D eigenvalue weighted by atomic mass is 10.0. The van der Waals surface area contributed by atoms with E-state index in [4.69, 9.17) is 5.11 Å². The number of rotatable bonds is 2. The highest BCUT2D eigenvalue weighted by molar-refractivity contribution is 9.09. The van der Waals surface area contributed by atoms with Crippen LogP contribution in [0.15, 0.2) is 24.3 Å². The maximum Gasteiger partial charge on any atom is 0.115 e. The Balaban J connectivity index is 2.86. The third-order valence-electron chi connectivity index (χ3n) is 1.67. The van der Waals surface area contributed by atoms with Crippen molar-refractivity contribution in [1.82, 2.24) is 0 Å². The Kier molecular flexibility index (Phi) is 2.94. The first kappa shape index (κ1) is 8.60. The van der Waals surface area contributed by atoms with Crippen molar-refractivity contribution in [3.63, 3.8) is 0 Å². The second-order valence-corrected chi connectivity index (χ2v) is 3.30. The summed E-state index contributed by atoms with van der Waals surface area (Å²) in [5, 5.41) is 10.1. The van der Waals surface area contributed by atoms with E-state index in [9.17, 15) is 0 Å². The largest absolute Gasteiger partial charge is 0.508 e. The summed E-state index contributed by atoms with van der Waals surface area (Å²) in [7, 11) is 0. The molecule has 2 heteroatoms. The molecule has 0 amide bonds. The maximum atomic E-state index is 9.14. The van der Waals surface area contributed by atoms with Gasteiger partial charge in [0.05, 0.1) is 0 Å². The van der Waals surface area contributed by atoms with E-state index in [1.165, 1.54) is 5.56 Å². The average molecular weight is 215 g/mol. The minimum atomic E-state index is 0.343. The van der Waals surface area contributed by atoms with E-state index in [1.807, 2.05) is 12.1 Å². The summed E-state index contributed by atoms with van der Waals surface area (Å²) in [5.74, 6) is 0.803. The Morgan fingerprint density at radius 1 is 1.55 bits per heavy atom. The molecule has 0 saturated carbocycles. The molecule has 1 aromatic rings. The third kappa shape index (κ3) is 2.22. The molecule has 0 aliphatic heterocycles. The molecule has 1 aromatic carbocycles. The molecule has 0 aliphatic rings. The number of hydrogen-bond acceptors (Lipinski definition) is 1. The lowest BCUT2D eigenvalue weighted by molar-refractivity contribution is 0.474. The topological polar surface area (TPSA) is 20.2 Å². The number of hydrogen-bond donors (Lipinski definition) is 1. The molecular weight excluding hydrogens is 204 g/mol. The first-order valence-electron chi connectivity index (χ1n) is 3.59. The van der Waals surface area contributed by atoms with Crippen molar-refractivity contribution in [2.75, 3.05) is 5.33 Å². The molecule has 1 rings (SSSR count). The van der Waals surface area contributed by atoms with Crippen LogP contribution in [0.25, 0.3) is 0 Å². The van der Waals surface area contributed by atoms with Gasteiger partial charge in [0.2, 0.25) is 0 Å². The summed E-state index contributed by atoms with van der Waals surface area (Å²) >= 11 is 3.39. The van der Waals surface area contributed by atoms with Crippen LogP contribution >= 0.6 is 15.9 Å². The van der Waals surface area contributed by atoms with Gasteiger partial charge in [0.25, 0.3) is 0 Å². The highest BCUT2D eigenvalue weighted by atomic mass is 79.9. The Morgan fingerprint density at radius 2 is 2.27 bits per heavy atom. The molecule has 0 spiro atoms. The minimum Gasteiger partial charge on any atom is -0.508 e. The summed E-state index contributed by atoms with van der Waals surface area (Å²) in [4.78, 5) is 0. The third-order valence-corrected chi connectivity index (χ3v) is 2.64. The molecule has 0 aromatic heterocycles. The Hall–Kier alpha value is -0.500. The van der Waals surface area contributed by atoms with Crippen LogP contribution in [-0.4, -0.2) is 10.4 Å². The van der Waals surface area contributed by atoms with Crippen LogP contribution < -0.4 is 0 Å². The molecule has 0 aliphatic carbocycles. The van der Waals surface area contributed by atoms with Gasteiger partial charge < -0.3 is 5.11 Å². The molecule has 0 heterocycles. The van der Waals surface area contributed by atoms with Crippen molar-refractivity contribution in [1.29, 1.82) is 0 Å². The smallest absolute Gasteiger partial charge is 0.115 e. The van der Waals surface area contributed by atoms with Gasteiger partial charge in [-0.2, -0.15) is 0 Å². The quantitative estimate of drug-likeness (QED) is 0.752. The van der Waals surface area contributed by atoms with E-state index < -0.39 is 0 Å². The molecule has 11 heavy (non-hydrogen) atoms. The van der Waals surface area contributed by atoms with Crippen LogP contribution in [0, 0.1) is 0 Å². The van der Waals surface area contributed by atoms with Crippen molar-refractivity contribution >= 4 is 15.9 Å². The second kappa shape index (κ2) is 3.77. The number of benzene rings is 1. The molecule has 0 bridgehead atoms. The van der Waals surface area contributed by atoms with Crippen LogP contribution in [0.3, 0.4) is 0 Å². The highest BCUT2D eigenvalue weighted by Gasteiger charge is 2.02. The van der Waals surface area contributed by atoms with Crippen LogP contribution in [0.1, 0.15) is 18.4 Å². The Bertz CT molecular complexity index is 235. The Morgan fingerprint density at radius 3 is 2.82 bits per heavy atom. The van der Waals surface area contributed by atoms with Gasteiger partial charge in [0.15, 0.2) is 0 Å². The molecule has 0 radical (unpaired) electrons. The molecule has 1 unspecified atom stereocenters. The number of phenolic OH excluding ortho intramolecular Hbond substituents is 1. The fourth-order valence-corrected chi connectivity index (χ4v) is 1.29. The van der Waals surface area contributed by atoms with E-state index in [-0.39, 0.29) is 0 Å². The zero-order valence-electron chi connectivity index (χ0n) is 6.42. The van der Waals surface area contributed by atoms with Gasteiger partial charge in [-0.3, -0.25) is 0 Å². The van der Waals surface area contributed by atoms with Gasteiger partial charge in [-0.25, -0.2) is 0 Å². The number of alkyl halides is 1. The van der Waals surface area contributed by atoms with E-state index in [0.717, 1.165) is 5.33 Å². The predicted molar refractivity (Wildman–Crippen MR) is 50.3 cm³/mol. The molecule has 0 saturated heterocycles. The van der Waals surface area contributed by atoms with Gasteiger partial charge in [0.1, 0.15) is 5.75 Å². The van der Waals surface area contributed by atoms with Crippen molar-refractivity contribution in [2.24, 2.45) is 0 Å². The second-order valence-electron chi connectivity index (χ2n) is 2.65. The standard InChI is InChI=1S/C9H11BrO/c1-7(6-10)8-3-2-4-9(11)5-8/h2-5,7,11H,6H2,1H3. The monoisotopic (exact) mass is 214 g/mol. The fourth-order valence-electron chi connectivity index (χ4n) is 0.920. The van der Waals surface area contributed by atoms with Crippen molar-refractivity contribution in [2.45, 2.75) is 12.8 Å². The summed E-state index contributed by atoms with van der Waals surface area (Å²) in [6.07, 6.45) is 0. The zero-order chi connectivity index (χ0) is 8.27. The van der Waals surface area contributed by atoms with E-state index in [2.05, 4.69) is 22.9 Å². The summed E-state index contributed by atoms with van der Waals surface area (Å²) in [6.45, 7) is 2.11. The van der Waals surface area contributed by atoms with Crippen molar-refractivity contribution in [3.8, 4) is 5.75 Å². The van der Waals surface area contributed by atoms with Gasteiger partial charge in [-0.1, -0.05) is 35.0 Å². The molecule has 60 valence electrons. The fraction of sp³-hybridized carbons (Fsp3) is 0.333. The van der Waals surface area contributed by atoms with E-state index in [1.54, 1.807) is 12.1 Å². The van der Waals surface area contributed by atoms with Crippen LogP contribution in [0.2, 0.25) is 0 Å². The highest BCUT2D eigenvalue weighted by Crippen LogP contribution is 2.20. The van der Waals surface area contributed by atoms with Crippen molar-refractivity contribution < 1.29 is 5.11 Å². The zero-order valence-corrected chi connectivity index (χ0v) is 8.01. The van der Waals surface area contributed by atoms with E-state index in [0.29, 0.717) is 11.7 Å². The van der Waals surface area contributed by atoms with Crippen LogP contribution in [0.5, 0.6) is 5.75 Å². The normalized spacial score (nSPS) is 12.9. The first-order chi connectivity index (χ1) is 5.24. The molecule has 1 N–H and O–H groups in total. The summed E-state index contributed by atoms with van der Waals surface area (Å²) in [5.41, 5.74) is 1.17. The number of phenols is 1. The van der Waals surface area contributed by atoms with Gasteiger partial charge in [-0.15, -0.1) is 0 Å². The lowest BCUT2D eigenvalue weighted by Gasteiger charge is -2.07. The molecule has 1 nitrogen and oxygen atoms in total. The summed E-state index contributed by atoms with van der Waals surface area (Å²) in [6, 6.07) is 7.37. The van der Waals surface area contributed by atoms with Gasteiger partial charge in [-0.05, 0) is 23.6 Å². The first-order valence-corrected chi connectivity index (χ1v) is 4.71. The Labute approximate surface area is 75.2 Å². The van der Waals surface area contributed by atoms with Crippen LogP contribution in [0.4, 0.5) is 0 Å². The SMILES string of the molecule is CC(CBr)c1cccc(O)c1. The van der Waals surface area contributed by atoms with Gasteiger partial charge in [0, 0.05) is 5.33 Å². The van der Waals surface area contributed by atoms with Crippen LogP contribution in [-0.2, 0) is 0 Å². The summed E-state index contributed by atoms with van der Waals surface area (Å²) < 4.78 is 0. The van der Waals surface area contributed by atoms with E-state index >= 15 is 0 Å². The van der Waals surface area contributed by atoms with Gasteiger partial charge >= 0.3 is 0 Å². The number of aromatic hydroxyl groups is 1. The maximum absolute atomic E-state index is 9.14. The lowest BCUT2D eigenvalue weighted by Crippen LogP contribution is -1.92. The number of halogens is 1. The molecule has 0 fully saturated rings. The van der Waals surface area contributed by atoms with Crippen molar-refractivity contribution in [3.05, 3.63) is 29.8 Å².